The average Bonchev–Trinajstić information content (AvgIpc) is 2.47. The van der Waals surface area contributed by atoms with E-state index in [1.165, 1.54) is 11.3 Å². The molecule has 0 aromatic heterocycles. The first kappa shape index (κ1) is 14.9. The van der Waals surface area contributed by atoms with E-state index in [-0.39, 0.29) is 0 Å². The molecule has 0 atom stereocenters. The Balaban J connectivity index is 1.69. The number of carbonyl (C=O) groups excluding carboxylic acids is 1. The number of fused-ring (bicyclic) bond motifs is 1. The molecular weight excluding hydrogens is 344 g/mol. The molecule has 0 unspecified atom stereocenters. The minimum atomic E-state index is -0.484. The van der Waals surface area contributed by atoms with Gasteiger partial charge in [0.2, 0.25) is 0 Å². The van der Waals surface area contributed by atoms with E-state index < -0.39 is 6.09 Å². The van der Waals surface area contributed by atoms with E-state index >= 15 is 0 Å². The zero-order valence-electron chi connectivity index (χ0n) is 12.3. The molecule has 0 radical (unpaired) electrons. The number of nitrogens with one attached hydrogen (secondary N) is 1. The van der Waals surface area contributed by atoms with Gasteiger partial charge in [-0.1, -0.05) is 22.0 Å². The summed E-state index contributed by atoms with van der Waals surface area (Å²) < 4.78 is 6.28. The quantitative estimate of drug-likeness (QED) is 0.860. The van der Waals surface area contributed by atoms with Crippen LogP contribution in [0.25, 0.3) is 0 Å². The summed E-state index contributed by atoms with van der Waals surface area (Å²) in [5.41, 5.74) is 3.13. The monoisotopic (exact) mass is 360 g/mol. The third-order valence-electron chi connectivity index (χ3n) is 3.68. The molecule has 0 saturated carbocycles. The smallest absolute Gasteiger partial charge is 0.410 e. The molecule has 0 saturated heterocycles. The van der Waals surface area contributed by atoms with Crippen molar-refractivity contribution in [3.05, 3.63) is 52.5 Å². The predicted octanol–water partition coefficient (Wildman–Crippen LogP) is 4.44. The molecule has 2 aromatic rings. The van der Waals surface area contributed by atoms with Gasteiger partial charge in [0, 0.05) is 29.4 Å². The van der Waals surface area contributed by atoms with Gasteiger partial charge < -0.3 is 9.64 Å². The Labute approximate surface area is 138 Å². The highest BCUT2D eigenvalue weighted by Crippen LogP contribution is 2.29. The van der Waals surface area contributed by atoms with Crippen LogP contribution in [0.15, 0.2) is 46.9 Å². The van der Waals surface area contributed by atoms with E-state index in [9.17, 15) is 4.79 Å². The largest absolute Gasteiger partial charge is 0.417 e. The molecule has 1 N–H and O–H groups in total. The van der Waals surface area contributed by atoms with Crippen LogP contribution < -0.4 is 15.0 Å². The zero-order valence-corrected chi connectivity index (χ0v) is 13.9. The Morgan fingerprint density at radius 3 is 2.95 bits per heavy atom. The number of anilines is 2. The van der Waals surface area contributed by atoms with Gasteiger partial charge in [0.1, 0.15) is 5.75 Å². The van der Waals surface area contributed by atoms with Crippen LogP contribution in [-0.2, 0) is 6.42 Å². The number of hydrogen-bond donors (Lipinski definition) is 1. The number of aryl methyl sites for hydroxylation is 1. The standard InChI is InChI=1S/C17H17BrN2O2/c1-20-9-3-4-12-10-15(7-8-16(12)20)22-17(21)19-14-6-2-5-13(18)11-14/h2,5-8,10-11H,3-4,9H2,1H3,(H,19,21). The molecule has 3 rings (SSSR count). The normalized spacial score (nSPS) is 13.5. The number of hydrogen-bond acceptors (Lipinski definition) is 3. The van der Waals surface area contributed by atoms with Gasteiger partial charge in [0.15, 0.2) is 0 Å². The summed E-state index contributed by atoms with van der Waals surface area (Å²) in [4.78, 5) is 14.2. The van der Waals surface area contributed by atoms with Crippen molar-refractivity contribution in [2.75, 3.05) is 23.8 Å². The van der Waals surface area contributed by atoms with Gasteiger partial charge >= 0.3 is 6.09 Å². The molecular formula is C17H17BrN2O2. The highest BCUT2D eigenvalue weighted by molar-refractivity contribution is 9.10. The van der Waals surface area contributed by atoms with Crippen molar-refractivity contribution in [2.24, 2.45) is 0 Å². The number of rotatable bonds is 2. The van der Waals surface area contributed by atoms with Crippen molar-refractivity contribution in [1.82, 2.24) is 0 Å². The molecule has 4 nitrogen and oxygen atoms in total. The molecule has 1 heterocycles. The molecule has 0 fully saturated rings. The lowest BCUT2D eigenvalue weighted by atomic mass is 10.0. The van der Waals surface area contributed by atoms with E-state index in [0.29, 0.717) is 11.4 Å². The zero-order chi connectivity index (χ0) is 15.5. The minimum Gasteiger partial charge on any atom is -0.410 e. The van der Waals surface area contributed by atoms with Crippen LogP contribution in [0.4, 0.5) is 16.2 Å². The molecule has 1 aliphatic heterocycles. The van der Waals surface area contributed by atoms with Gasteiger partial charge in [0.05, 0.1) is 0 Å². The Kier molecular flexibility index (Phi) is 4.34. The highest BCUT2D eigenvalue weighted by atomic mass is 79.9. The molecule has 0 spiro atoms. The summed E-state index contributed by atoms with van der Waals surface area (Å²) >= 11 is 3.37. The van der Waals surface area contributed by atoms with Crippen molar-refractivity contribution in [2.45, 2.75) is 12.8 Å². The second-order valence-electron chi connectivity index (χ2n) is 5.34. The van der Waals surface area contributed by atoms with Crippen LogP contribution in [0.2, 0.25) is 0 Å². The topological polar surface area (TPSA) is 41.6 Å². The first-order valence-corrected chi connectivity index (χ1v) is 7.99. The second kappa shape index (κ2) is 6.40. The molecule has 0 aliphatic carbocycles. The summed E-state index contributed by atoms with van der Waals surface area (Å²) in [5, 5.41) is 2.72. The van der Waals surface area contributed by atoms with Crippen molar-refractivity contribution < 1.29 is 9.53 Å². The Bertz CT molecular complexity index is 703. The third kappa shape index (κ3) is 3.42. The van der Waals surface area contributed by atoms with Gasteiger partial charge in [-0.15, -0.1) is 0 Å². The van der Waals surface area contributed by atoms with Gasteiger partial charge in [-0.25, -0.2) is 4.79 Å². The molecule has 5 heteroatoms. The maximum absolute atomic E-state index is 12.0. The van der Waals surface area contributed by atoms with E-state index in [1.54, 1.807) is 0 Å². The van der Waals surface area contributed by atoms with Crippen molar-refractivity contribution in [1.29, 1.82) is 0 Å². The van der Waals surface area contributed by atoms with Crippen LogP contribution in [0, 0.1) is 0 Å². The predicted molar refractivity (Wildman–Crippen MR) is 91.8 cm³/mol. The minimum absolute atomic E-state index is 0.484. The second-order valence-corrected chi connectivity index (χ2v) is 6.26. The number of ether oxygens (including phenoxy) is 1. The Morgan fingerprint density at radius 1 is 1.27 bits per heavy atom. The summed E-state index contributed by atoms with van der Waals surface area (Å²) in [6.45, 7) is 1.07. The lowest BCUT2D eigenvalue weighted by Gasteiger charge is -2.27. The summed E-state index contributed by atoms with van der Waals surface area (Å²) in [6.07, 6.45) is 1.66. The van der Waals surface area contributed by atoms with E-state index in [4.69, 9.17) is 4.74 Å². The number of nitrogens with zero attached hydrogens (tertiary/aromatic N) is 1. The van der Waals surface area contributed by atoms with Crippen LogP contribution in [0.3, 0.4) is 0 Å². The maximum atomic E-state index is 12.0. The molecule has 1 aliphatic rings. The summed E-state index contributed by atoms with van der Waals surface area (Å²) in [7, 11) is 2.08. The van der Waals surface area contributed by atoms with E-state index in [2.05, 4.69) is 33.2 Å². The Hall–Kier alpha value is -2.01. The summed E-state index contributed by atoms with van der Waals surface area (Å²) in [6, 6.07) is 13.2. The molecule has 22 heavy (non-hydrogen) atoms. The first-order chi connectivity index (χ1) is 10.6. The number of benzene rings is 2. The van der Waals surface area contributed by atoms with Crippen LogP contribution >= 0.6 is 15.9 Å². The Morgan fingerprint density at radius 2 is 2.14 bits per heavy atom. The summed E-state index contributed by atoms with van der Waals surface area (Å²) in [5.74, 6) is 0.571. The number of carbonyl (C=O) groups is 1. The van der Waals surface area contributed by atoms with Crippen LogP contribution in [0.5, 0.6) is 5.75 Å². The van der Waals surface area contributed by atoms with E-state index in [0.717, 1.165) is 23.9 Å². The average molecular weight is 361 g/mol. The number of halogens is 1. The highest BCUT2D eigenvalue weighted by Gasteiger charge is 2.15. The lowest BCUT2D eigenvalue weighted by molar-refractivity contribution is 0.215. The van der Waals surface area contributed by atoms with Crippen molar-refractivity contribution in [3.8, 4) is 5.75 Å². The molecule has 114 valence electrons. The van der Waals surface area contributed by atoms with Crippen molar-refractivity contribution in [3.63, 3.8) is 0 Å². The first-order valence-electron chi connectivity index (χ1n) is 7.20. The third-order valence-corrected chi connectivity index (χ3v) is 4.18. The lowest BCUT2D eigenvalue weighted by Crippen LogP contribution is -2.24. The molecule has 0 bridgehead atoms. The van der Waals surface area contributed by atoms with Crippen molar-refractivity contribution >= 4 is 33.4 Å². The maximum Gasteiger partial charge on any atom is 0.417 e. The fourth-order valence-corrected chi connectivity index (χ4v) is 3.04. The van der Waals surface area contributed by atoms with Gasteiger partial charge in [0.25, 0.3) is 0 Å². The van der Waals surface area contributed by atoms with Gasteiger partial charge in [-0.2, -0.15) is 0 Å². The van der Waals surface area contributed by atoms with Crippen LogP contribution in [0.1, 0.15) is 12.0 Å². The van der Waals surface area contributed by atoms with Gasteiger partial charge in [-0.3, -0.25) is 5.32 Å². The van der Waals surface area contributed by atoms with Crippen LogP contribution in [-0.4, -0.2) is 19.7 Å². The fraction of sp³-hybridized carbons (Fsp3) is 0.235. The fourth-order valence-electron chi connectivity index (χ4n) is 2.64. The van der Waals surface area contributed by atoms with E-state index in [1.807, 2.05) is 42.5 Å². The molecule has 1 amide bonds. The SMILES string of the molecule is CN1CCCc2cc(OC(=O)Nc3cccc(Br)c3)ccc21. The molecule has 2 aromatic carbocycles. The number of amides is 1. The van der Waals surface area contributed by atoms with Gasteiger partial charge in [-0.05, 0) is 54.8 Å².